The van der Waals surface area contributed by atoms with E-state index in [0.29, 0.717) is 25.9 Å². The van der Waals surface area contributed by atoms with E-state index in [9.17, 15) is 19.2 Å². The maximum atomic E-state index is 11.9. The Labute approximate surface area is 244 Å². The van der Waals surface area contributed by atoms with Gasteiger partial charge in [-0.3, -0.25) is 19.2 Å². The van der Waals surface area contributed by atoms with E-state index in [0.717, 1.165) is 0 Å². The third-order valence-corrected chi connectivity index (χ3v) is 8.28. The first kappa shape index (κ1) is 35.9. The topological polar surface area (TPSA) is 122 Å². The molecule has 0 spiro atoms. The number of amides is 4. The summed E-state index contributed by atoms with van der Waals surface area (Å²) in [5.41, 5.74) is 5.30. The molecule has 8 heteroatoms. The molecular weight excluding hydrogens is 504 g/mol. The van der Waals surface area contributed by atoms with E-state index < -0.39 is 11.9 Å². The maximum absolute atomic E-state index is 11.9. The van der Waals surface area contributed by atoms with Crippen molar-refractivity contribution < 1.29 is 19.2 Å². The number of carbonyl (C=O) groups excluding carboxylic acids is 4. The van der Waals surface area contributed by atoms with Gasteiger partial charge < -0.3 is 21.3 Å². The summed E-state index contributed by atoms with van der Waals surface area (Å²) in [4.78, 5) is 47.4. The molecule has 0 bridgehead atoms. The Morgan fingerprint density at radius 3 is 1.45 bits per heavy atom. The number of nitrogens with zero attached hydrogens (tertiary/aromatic N) is 1. The molecule has 4 amide bonds. The van der Waals surface area contributed by atoms with E-state index in [1.54, 1.807) is 6.92 Å². The minimum absolute atomic E-state index is 0.0372. The van der Waals surface area contributed by atoms with E-state index in [1.165, 1.54) is 128 Å². The lowest BCUT2D eigenvalue weighted by atomic mass is 10.0. The zero-order chi connectivity index (χ0) is 29.4. The molecule has 2 fully saturated rings. The summed E-state index contributed by atoms with van der Waals surface area (Å²) in [5.74, 6) is -1.08. The third-order valence-electron chi connectivity index (χ3n) is 8.28. The molecule has 40 heavy (non-hydrogen) atoms. The predicted octanol–water partition coefficient (Wildman–Crippen LogP) is 5.76. The minimum Gasteiger partial charge on any atom is -0.368 e. The molecule has 8 nitrogen and oxygen atoms in total. The molecule has 1 aliphatic heterocycles. The molecule has 1 saturated heterocycles. The number of carbonyl (C=O) groups is 4. The fraction of sp³-hybridized carbons (Fsp3) is 0.875. The largest absolute Gasteiger partial charge is 0.368 e. The van der Waals surface area contributed by atoms with E-state index in [2.05, 4.69) is 10.6 Å². The van der Waals surface area contributed by atoms with Crippen LogP contribution in [-0.4, -0.2) is 54.7 Å². The fourth-order valence-corrected chi connectivity index (χ4v) is 5.70. The highest BCUT2D eigenvalue weighted by atomic mass is 16.2. The van der Waals surface area contributed by atoms with Crippen molar-refractivity contribution in [3.8, 4) is 0 Å². The van der Waals surface area contributed by atoms with Crippen molar-refractivity contribution in [1.29, 1.82) is 0 Å². The standard InChI is InChI=1S/C18H36.C14H24N4O4/c1-2-4-6-8-10-12-14-16-18-17-15-13-11-9-7-5-3-1;1-3-10(14(15)22)18-8-9(6-13(18)21)7-17-12(20)5-4-11(19)16-2/h1-18H2;9-10H,3-8H2,1-2H3,(H2,15,22)(H,16,19)(H,17,20)/t;9?,10-/m.1/s1. The van der Waals surface area contributed by atoms with E-state index >= 15 is 0 Å². The van der Waals surface area contributed by atoms with Crippen LogP contribution in [0.15, 0.2) is 0 Å². The number of nitrogens with one attached hydrogen (secondary N) is 2. The summed E-state index contributed by atoms with van der Waals surface area (Å²) in [5, 5.41) is 5.16. The van der Waals surface area contributed by atoms with E-state index in [4.69, 9.17) is 5.73 Å². The van der Waals surface area contributed by atoms with Gasteiger partial charge in [-0.25, -0.2) is 0 Å². The Hall–Kier alpha value is -2.12. The molecule has 0 aromatic rings. The number of hydrogen-bond donors (Lipinski definition) is 3. The molecule has 232 valence electrons. The van der Waals surface area contributed by atoms with Crippen molar-refractivity contribution in [3.05, 3.63) is 0 Å². The summed E-state index contributed by atoms with van der Waals surface area (Å²) in [6.45, 7) is 2.57. The number of rotatable bonds is 8. The first-order valence-electron chi connectivity index (χ1n) is 16.4. The number of nitrogens with two attached hydrogens (primary N) is 1. The summed E-state index contributed by atoms with van der Waals surface area (Å²) < 4.78 is 0. The van der Waals surface area contributed by atoms with Crippen LogP contribution in [0, 0.1) is 5.92 Å². The molecule has 2 rings (SSSR count). The van der Waals surface area contributed by atoms with Gasteiger partial charge in [-0.15, -0.1) is 0 Å². The first-order chi connectivity index (χ1) is 19.4. The van der Waals surface area contributed by atoms with Crippen LogP contribution < -0.4 is 16.4 Å². The quantitative estimate of drug-likeness (QED) is 0.347. The Kier molecular flexibility index (Phi) is 21.2. The summed E-state index contributed by atoms with van der Waals surface area (Å²) >= 11 is 0. The zero-order valence-corrected chi connectivity index (χ0v) is 25.8. The Balaban J connectivity index is 0.000000408. The fourth-order valence-electron chi connectivity index (χ4n) is 5.70. The lowest BCUT2D eigenvalue weighted by Crippen LogP contribution is -2.45. The molecule has 2 aliphatic rings. The Morgan fingerprint density at radius 2 is 1.12 bits per heavy atom. The summed E-state index contributed by atoms with van der Waals surface area (Å²) in [6.07, 6.45) is 28.0. The summed E-state index contributed by atoms with van der Waals surface area (Å²) in [6, 6.07) is -0.582. The second-order valence-electron chi connectivity index (χ2n) is 11.8. The molecule has 1 saturated carbocycles. The van der Waals surface area contributed by atoms with Gasteiger partial charge in [0.1, 0.15) is 6.04 Å². The number of hydrogen-bond acceptors (Lipinski definition) is 4. The van der Waals surface area contributed by atoms with Crippen LogP contribution in [-0.2, 0) is 19.2 Å². The zero-order valence-electron chi connectivity index (χ0n) is 25.8. The van der Waals surface area contributed by atoms with Crippen LogP contribution >= 0.6 is 0 Å². The van der Waals surface area contributed by atoms with Crippen molar-refractivity contribution >= 4 is 23.6 Å². The van der Waals surface area contributed by atoms with Gasteiger partial charge in [-0.2, -0.15) is 0 Å². The van der Waals surface area contributed by atoms with Crippen molar-refractivity contribution in [2.24, 2.45) is 11.7 Å². The van der Waals surface area contributed by atoms with Crippen LogP contribution in [0.5, 0.6) is 0 Å². The maximum Gasteiger partial charge on any atom is 0.240 e. The smallest absolute Gasteiger partial charge is 0.240 e. The van der Waals surface area contributed by atoms with Gasteiger partial charge in [-0.1, -0.05) is 122 Å². The second-order valence-corrected chi connectivity index (χ2v) is 11.8. The molecule has 4 N–H and O–H groups in total. The number of primary amides is 1. The van der Waals surface area contributed by atoms with Crippen LogP contribution in [0.2, 0.25) is 0 Å². The normalized spacial score (nSPS) is 21.2. The molecule has 1 heterocycles. The minimum atomic E-state index is -0.582. The molecule has 2 atom stereocenters. The van der Waals surface area contributed by atoms with Gasteiger partial charge >= 0.3 is 0 Å². The van der Waals surface area contributed by atoms with E-state index in [1.807, 2.05) is 0 Å². The third kappa shape index (κ3) is 17.5. The van der Waals surface area contributed by atoms with Crippen molar-refractivity contribution in [1.82, 2.24) is 15.5 Å². The predicted molar refractivity (Wildman–Crippen MR) is 163 cm³/mol. The van der Waals surface area contributed by atoms with Gasteiger partial charge in [0.05, 0.1) is 0 Å². The van der Waals surface area contributed by atoms with Crippen LogP contribution in [0.1, 0.15) is 148 Å². The molecule has 0 aromatic heterocycles. The second kappa shape index (κ2) is 23.6. The monoisotopic (exact) mass is 564 g/mol. The molecular formula is C32H60N4O4. The Bertz CT molecular complexity index is 640. The lowest BCUT2D eigenvalue weighted by molar-refractivity contribution is -0.136. The van der Waals surface area contributed by atoms with Gasteiger partial charge in [0.15, 0.2) is 0 Å². The summed E-state index contributed by atoms with van der Waals surface area (Å²) in [7, 11) is 1.52. The van der Waals surface area contributed by atoms with Crippen molar-refractivity contribution in [2.45, 2.75) is 154 Å². The highest BCUT2D eigenvalue weighted by Crippen LogP contribution is 2.21. The van der Waals surface area contributed by atoms with Gasteiger partial charge in [0.25, 0.3) is 0 Å². The van der Waals surface area contributed by atoms with Gasteiger partial charge in [-0.05, 0) is 6.42 Å². The average Bonchev–Trinajstić information content (AvgIpc) is 3.30. The first-order valence-corrected chi connectivity index (χ1v) is 16.4. The SMILES string of the molecule is C1CCCCCCCCCCCCCCCCC1.CC[C@H](C(N)=O)N1CC(CNC(=O)CCC(=O)NC)CC1=O. The number of likely N-dealkylation sites (tertiary alicyclic amines) is 1. The van der Waals surface area contributed by atoms with E-state index in [-0.39, 0.29) is 36.5 Å². The lowest BCUT2D eigenvalue weighted by Gasteiger charge is -2.24. The molecule has 0 aromatic carbocycles. The van der Waals surface area contributed by atoms with Gasteiger partial charge in [0, 0.05) is 45.3 Å². The van der Waals surface area contributed by atoms with Crippen LogP contribution in [0.3, 0.4) is 0 Å². The highest BCUT2D eigenvalue weighted by Gasteiger charge is 2.35. The molecule has 0 radical (unpaired) electrons. The average molecular weight is 565 g/mol. The van der Waals surface area contributed by atoms with Crippen molar-refractivity contribution in [3.63, 3.8) is 0 Å². The van der Waals surface area contributed by atoms with Crippen LogP contribution in [0.4, 0.5) is 0 Å². The molecule has 1 unspecified atom stereocenters. The van der Waals surface area contributed by atoms with Crippen molar-refractivity contribution in [2.75, 3.05) is 20.1 Å². The highest BCUT2D eigenvalue weighted by molar-refractivity contribution is 5.88. The van der Waals surface area contributed by atoms with Crippen LogP contribution in [0.25, 0.3) is 0 Å². The van der Waals surface area contributed by atoms with Gasteiger partial charge in [0.2, 0.25) is 23.6 Å². The molecule has 1 aliphatic carbocycles. The Morgan fingerprint density at radius 1 is 0.750 bits per heavy atom.